The van der Waals surface area contributed by atoms with Crippen LogP contribution in [0.5, 0.6) is 28.7 Å². The number of anilines is 1. The van der Waals surface area contributed by atoms with E-state index in [0.717, 1.165) is 5.56 Å². The van der Waals surface area contributed by atoms with Crippen molar-refractivity contribution in [1.29, 1.82) is 0 Å². The molecule has 33 heavy (non-hydrogen) atoms. The third-order valence-electron chi connectivity index (χ3n) is 4.80. The molecule has 174 valence electrons. The molecule has 0 saturated heterocycles. The molecule has 0 bridgehead atoms. The monoisotopic (exact) mass is 471 g/mol. The predicted octanol–water partition coefficient (Wildman–Crippen LogP) is 5.60. The van der Waals surface area contributed by atoms with Crippen LogP contribution in [0.4, 0.5) is 5.69 Å². The summed E-state index contributed by atoms with van der Waals surface area (Å²) in [6.07, 6.45) is 0. The third kappa shape index (κ3) is 5.81. The lowest BCUT2D eigenvalue weighted by atomic mass is 10.1. The number of nitrogens with one attached hydrogen (secondary N) is 1. The molecule has 0 aliphatic heterocycles. The van der Waals surface area contributed by atoms with Gasteiger partial charge in [0.25, 0.3) is 5.91 Å². The minimum atomic E-state index is -0.334. The van der Waals surface area contributed by atoms with Gasteiger partial charge in [-0.25, -0.2) is 0 Å². The Labute approximate surface area is 198 Å². The van der Waals surface area contributed by atoms with Crippen molar-refractivity contribution >= 4 is 23.2 Å². The van der Waals surface area contributed by atoms with Gasteiger partial charge in [-0.2, -0.15) is 0 Å². The van der Waals surface area contributed by atoms with Crippen LogP contribution >= 0.6 is 11.6 Å². The van der Waals surface area contributed by atoms with Crippen molar-refractivity contribution in [3.63, 3.8) is 0 Å². The summed E-state index contributed by atoms with van der Waals surface area (Å²) in [7, 11) is 4.58. The Morgan fingerprint density at radius 3 is 2.18 bits per heavy atom. The van der Waals surface area contributed by atoms with E-state index < -0.39 is 0 Å². The van der Waals surface area contributed by atoms with Crippen LogP contribution in [-0.4, -0.2) is 33.8 Å². The second kappa shape index (κ2) is 11.3. The Balaban J connectivity index is 1.86. The van der Waals surface area contributed by atoms with Crippen molar-refractivity contribution in [2.24, 2.45) is 0 Å². The Bertz CT molecular complexity index is 1120. The fourth-order valence-corrected chi connectivity index (χ4v) is 3.41. The van der Waals surface area contributed by atoms with Gasteiger partial charge in [-0.15, -0.1) is 0 Å². The average molecular weight is 472 g/mol. The molecular formula is C25H26ClNO6. The number of hydrogen-bond acceptors (Lipinski definition) is 6. The van der Waals surface area contributed by atoms with E-state index in [4.69, 9.17) is 35.3 Å². The first-order chi connectivity index (χ1) is 16.0. The van der Waals surface area contributed by atoms with Crippen molar-refractivity contribution in [2.45, 2.75) is 13.5 Å². The lowest BCUT2D eigenvalue weighted by Gasteiger charge is -2.16. The van der Waals surface area contributed by atoms with Gasteiger partial charge in [0, 0.05) is 23.3 Å². The topological polar surface area (TPSA) is 75.3 Å². The first-order valence-electron chi connectivity index (χ1n) is 10.2. The number of halogens is 1. The van der Waals surface area contributed by atoms with E-state index in [1.54, 1.807) is 37.4 Å². The highest BCUT2D eigenvalue weighted by Crippen LogP contribution is 2.36. The van der Waals surface area contributed by atoms with Crippen LogP contribution in [0.3, 0.4) is 0 Å². The SMILES string of the molecule is CCOc1ccc(C(=O)Nc2cc(OC)c(Cl)cc2OC)cc1COc1ccccc1OC. The maximum absolute atomic E-state index is 13.0. The van der Waals surface area contributed by atoms with Gasteiger partial charge in [-0.3, -0.25) is 4.79 Å². The molecule has 0 aromatic heterocycles. The van der Waals surface area contributed by atoms with E-state index in [-0.39, 0.29) is 12.5 Å². The highest BCUT2D eigenvalue weighted by Gasteiger charge is 2.16. The highest BCUT2D eigenvalue weighted by molar-refractivity contribution is 6.32. The van der Waals surface area contributed by atoms with Crippen LogP contribution in [0.2, 0.25) is 5.02 Å². The van der Waals surface area contributed by atoms with Crippen molar-refractivity contribution in [2.75, 3.05) is 33.3 Å². The molecule has 0 aliphatic rings. The van der Waals surface area contributed by atoms with Crippen molar-refractivity contribution in [1.82, 2.24) is 0 Å². The third-order valence-corrected chi connectivity index (χ3v) is 5.09. The molecule has 3 aromatic carbocycles. The van der Waals surface area contributed by atoms with Crippen LogP contribution in [0, 0.1) is 0 Å². The van der Waals surface area contributed by atoms with Crippen LogP contribution < -0.4 is 29.0 Å². The van der Waals surface area contributed by atoms with Crippen molar-refractivity contribution < 1.29 is 28.5 Å². The molecular weight excluding hydrogens is 446 g/mol. The molecule has 0 saturated carbocycles. The minimum absolute atomic E-state index is 0.189. The maximum Gasteiger partial charge on any atom is 0.255 e. The van der Waals surface area contributed by atoms with E-state index in [0.29, 0.717) is 51.6 Å². The number of amides is 1. The molecule has 1 amide bonds. The minimum Gasteiger partial charge on any atom is -0.495 e. The van der Waals surface area contributed by atoms with Gasteiger partial charge in [0.1, 0.15) is 23.9 Å². The molecule has 0 aliphatic carbocycles. The molecule has 3 aromatic rings. The van der Waals surface area contributed by atoms with E-state index in [1.807, 2.05) is 31.2 Å². The molecule has 0 atom stereocenters. The largest absolute Gasteiger partial charge is 0.495 e. The lowest BCUT2D eigenvalue weighted by molar-refractivity contribution is 0.102. The zero-order chi connectivity index (χ0) is 23.8. The molecule has 0 fully saturated rings. The maximum atomic E-state index is 13.0. The van der Waals surface area contributed by atoms with Crippen molar-refractivity contribution in [3.05, 3.63) is 70.7 Å². The van der Waals surface area contributed by atoms with Gasteiger partial charge in [0.15, 0.2) is 11.5 Å². The Morgan fingerprint density at radius 1 is 0.818 bits per heavy atom. The van der Waals surface area contributed by atoms with Gasteiger partial charge in [0.2, 0.25) is 0 Å². The molecule has 0 radical (unpaired) electrons. The number of para-hydroxylation sites is 2. The highest BCUT2D eigenvalue weighted by atomic mass is 35.5. The van der Waals surface area contributed by atoms with Crippen LogP contribution in [0.15, 0.2) is 54.6 Å². The quantitative estimate of drug-likeness (QED) is 0.415. The summed E-state index contributed by atoms with van der Waals surface area (Å²) in [4.78, 5) is 13.0. The zero-order valence-electron chi connectivity index (χ0n) is 18.9. The van der Waals surface area contributed by atoms with Crippen LogP contribution in [0.1, 0.15) is 22.8 Å². The molecule has 1 N–H and O–H groups in total. The molecule has 0 unspecified atom stereocenters. The Kier molecular flexibility index (Phi) is 8.27. The molecule has 3 rings (SSSR count). The van der Waals surface area contributed by atoms with Crippen LogP contribution in [0.25, 0.3) is 0 Å². The molecule has 0 heterocycles. The predicted molar refractivity (Wildman–Crippen MR) is 127 cm³/mol. The summed E-state index contributed by atoms with van der Waals surface area (Å²) < 4.78 is 27.6. The van der Waals surface area contributed by atoms with Gasteiger partial charge in [-0.05, 0) is 37.3 Å². The second-order valence-electron chi connectivity index (χ2n) is 6.84. The van der Waals surface area contributed by atoms with Gasteiger partial charge in [0.05, 0.1) is 38.6 Å². The number of carbonyl (C=O) groups excluding carboxylic acids is 1. The van der Waals surface area contributed by atoms with Gasteiger partial charge < -0.3 is 29.0 Å². The molecule has 7 nitrogen and oxygen atoms in total. The van der Waals surface area contributed by atoms with E-state index >= 15 is 0 Å². The van der Waals surface area contributed by atoms with Crippen molar-refractivity contribution in [3.8, 4) is 28.7 Å². The second-order valence-corrected chi connectivity index (χ2v) is 7.24. The first-order valence-corrected chi connectivity index (χ1v) is 10.6. The zero-order valence-corrected chi connectivity index (χ0v) is 19.7. The number of carbonyl (C=O) groups is 1. The van der Waals surface area contributed by atoms with Gasteiger partial charge in [-0.1, -0.05) is 23.7 Å². The normalized spacial score (nSPS) is 10.3. The standard InChI is InChI=1S/C25H26ClNO6/c1-5-32-20-11-10-16(12-17(20)15-33-22-9-7-6-8-21(22)29-2)25(28)27-19-14-23(30-3)18(26)13-24(19)31-4/h6-14H,5,15H2,1-4H3,(H,27,28). The number of rotatable bonds is 10. The smallest absolute Gasteiger partial charge is 0.255 e. The van der Waals surface area contributed by atoms with E-state index in [1.165, 1.54) is 14.2 Å². The summed E-state index contributed by atoms with van der Waals surface area (Å²) in [6.45, 7) is 2.57. The summed E-state index contributed by atoms with van der Waals surface area (Å²) in [5, 5.41) is 3.23. The Hall–Kier alpha value is -3.58. The average Bonchev–Trinajstić information content (AvgIpc) is 2.84. The molecule has 0 spiro atoms. The number of hydrogen-bond donors (Lipinski definition) is 1. The summed E-state index contributed by atoms with van der Waals surface area (Å²) in [5.41, 5.74) is 1.58. The Morgan fingerprint density at radius 2 is 1.52 bits per heavy atom. The number of methoxy groups -OCH3 is 3. The number of ether oxygens (including phenoxy) is 5. The van der Waals surface area contributed by atoms with Crippen LogP contribution in [-0.2, 0) is 6.61 Å². The van der Waals surface area contributed by atoms with Gasteiger partial charge >= 0.3 is 0 Å². The first kappa shape index (κ1) is 24.1. The van der Waals surface area contributed by atoms with E-state index in [2.05, 4.69) is 5.32 Å². The lowest BCUT2D eigenvalue weighted by Crippen LogP contribution is -2.14. The molecule has 8 heteroatoms. The fourth-order valence-electron chi connectivity index (χ4n) is 3.18. The summed E-state index contributed by atoms with van der Waals surface area (Å²) in [6, 6.07) is 15.7. The van der Waals surface area contributed by atoms with E-state index in [9.17, 15) is 4.79 Å². The number of benzene rings is 3. The summed E-state index contributed by atoms with van der Waals surface area (Å²) >= 11 is 6.15. The summed E-state index contributed by atoms with van der Waals surface area (Å²) in [5.74, 6) is 2.35. The fraction of sp³-hybridized carbons (Fsp3) is 0.240.